The molecule has 0 radical (unpaired) electrons. The molecule has 0 aliphatic heterocycles. The molecule has 3 rings (SSSR count). The summed E-state index contributed by atoms with van der Waals surface area (Å²) in [6, 6.07) is 13.5. The largest absolute Gasteiger partial charge is 0.490 e. The number of carbonyl (C=O) groups excluding carboxylic acids is 2. The van der Waals surface area contributed by atoms with Gasteiger partial charge >= 0.3 is 5.97 Å². The Kier molecular flexibility index (Phi) is 9.60. The van der Waals surface area contributed by atoms with Gasteiger partial charge in [-0.3, -0.25) is 4.79 Å². The second-order valence-electron chi connectivity index (χ2n) is 10.1. The Labute approximate surface area is 230 Å². The predicted molar refractivity (Wildman–Crippen MR) is 154 cm³/mol. The summed E-state index contributed by atoms with van der Waals surface area (Å²) in [5.41, 5.74) is 1.79. The van der Waals surface area contributed by atoms with Crippen molar-refractivity contribution < 1.29 is 24.2 Å². The number of rotatable bonds is 12. The Hall–Kier alpha value is -2.90. The van der Waals surface area contributed by atoms with Gasteiger partial charge < -0.3 is 19.9 Å². The van der Waals surface area contributed by atoms with E-state index >= 15 is 0 Å². The molecule has 3 aromatic rings. The van der Waals surface area contributed by atoms with Crippen LogP contribution in [0, 0.1) is 6.92 Å². The lowest BCUT2D eigenvalue weighted by atomic mass is 9.74. The van der Waals surface area contributed by atoms with Crippen molar-refractivity contribution in [2.75, 3.05) is 13.7 Å². The minimum absolute atomic E-state index is 0.178. The van der Waals surface area contributed by atoms with Crippen LogP contribution < -0.4 is 10.1 Å². The first kappa shape index (κ1) is 29.7. The van der Waals surface area contributed by atoms with E-state index in [9.17, 15) is 14.7 Å². The first-order chi connectivity index (χ1) is 18.1. The highest BCUT2D eigenvalue weighted by molar-refractivity contribution is 7.19. The Bertz CT molecular complexity index is 1270. The number of esters is 1. The zero-order chi connectivity index (χ0) is 28.1. The van der Waals surface area contributed by atoms with Crippen LogP contribution in [0.15, 0.2) is 42.5 Å². The van der Waals surface area contributed by atoms with Crippen molar-refractivity contribution in [1.29, 1.82) is 0 Å². The van der Waals surface area contributed by atoms with Crippen LogP contribution in [-0.4, -0.2) is 42.3 Å². The third-order valence-electron chi connectivity index (χ3n) is 7.90. The van der Waals surface area contributed by atoms with Gasteiger partial charge in [-0.05, 0) is 80.3 Å². The van der Waals surface area contributed by atoms with Crippen LogP contribution in [0.1, 0.15) is 86.7 Å². The topological polar surface area (TPSA) is 84.9 Å². The lowest BCUT2D eigenvalue weighted by Crippen LogP contribution is -2.39. The summed E-state index contributed by atoms with van der Waals surface area (Å²) in [7, 11) is 1.30. The molecule has 0 bridgehead atoms. The number of aliphatic hydroxyl groups is 1. The average Bonchev–Trinajstić information content (AvgIpc) is 3.36. The van der Waals surface area contributed by atoms with E-state index in [0.29, 0.717) is 18.4 Å². The molecular weight excluding hydrogens is 498 g/mol. The van der Waals surface area contributed by atoms with E-state index in [2.05, 4.69) is 44.3 Å². The molecule has 1 amide bonds. The van der Waals surface area contributed by atoms with Gasteiger partial charge in [0.25, 0.3) is 5.91 Å². The number of hydrogen-bond donors (Lipinski definition) is 2. The minimum atomic E-state index is -0.814. The number of methoxy groups -OCH3 is 1. The number of benzene rings is 2. The molecule has 2 aromatic carbocycles. The summed E-state index contributed by atoms with van der Waals surface area (Å²) in [5.74, 6) is 0.0104. The second kappa shape index (κ2) is 12.3. The van der Waals surface area contributed by atoms with E-state index < -0.39 is 17.6 Å². The maximum absolute atomic E-state index is 12.7. The molecule has 0 spiro atoms. The van der Waals surface area contributed by atoms with E-state index in [0.717, 1.165) is 34.2 Å². The number of carbonyl (C=O) groups is 2. The Morgan fingerprint density at radius 3 is 2.26 bits per heavy atom. The van der Waals surface area contributed by atoms with Crippen molar-refractivity contribution >= 4 is 33.3 Å². The highest BCUT2D eigenvalue weighted by Crippen LogP contribution is 2.45. The molecule has 6 nitrogen and oxygen atoms in total. The van der Waals surface area contributed by atoms with Gasteiger partial charge in [0.05, 0.1) is 12.7 Å². The van der Waals surface area contributed by atoms with Crippen LogP contribution in [0.4, 0.5) is 0 Å². The number of ether oxygens (including phenoxy) is 2. The molecule has 38 heavy (non-hydrogen) atoms. The van der Waals surface area contributed by atoms with E-state index in [1.165, 1.54) is 17.6 Å². The number of aryl methyl sites for hydroxylation is 1. The van der Waals surface area contributed by atoms with Crippen molar-refractivity contribution in [3.63, 3.8) is 0 Å². The van der Waals surface area contributed by atoms with Crippen molar-refractivity contribution in [3.8, 4) is 5.75 Å². The molecule has 0 aliphatic rings. The fourth-order valence-electron chi connectivity index (χ4n) is 4.85. The van der Waals surface area contributed by atoms with Crippen molar-refractivity contribution in [3.05, 3.63) is 64.0 Å². The van der Waals surface area contributed by atoms with E-state index in [1.807, 2.05) is 32.0 Å². The molecule has 0 saturated carbocycles. The standard InChI is InChI=1S/C31H41NO5S/c1-8-30(35,9-2)19-37-25-15-14-24(16-20(25)5)31(10-3,11-4)27-18-22-12-13-23(17-26(22)38-27)28(33)32-21(6)29(34)36-7/h12-18,21,35H,8-11,19H2,1-7H3,(H,32,33). The number of thiophene rings is 1. The van der Waals surface area contributed by atoms with Gasteiger partial charge in [0.2, 0.25) is 0 Å². The maximum Gasteiger partial charge on any atom is 0.328 e. The van der Waals surface area contributed by atoms with Gasteiger partial charge in [-0.25, -0.2) is 4.79 Å². The highest BCUT2D eigenvalue weighted by Gasteiger charge is 2.33. The Morgan fingerprint density at radius 1 is 1.00 bits per heavy atom. The molecule has 2 N–H and O–H groups in total. The van der Waals surface area contributed by atoms with Gasteiger partial charge in [0.1, 0.15) is 18.4 Å². The van der Waals surface area contributed by atoms with Crippen LogP contribution >= 0.6 is 11.3 Å². The summed E-state index contributed by atoms with van der Waals surface area (Å²) in [4.78, 5) is 25.7. The quantitative estimate of drug-likeness (QED) is 0.255. The normalized spacial score (nSPS) is 12.8. The number of fused-ring (bicyclic) bond motifs is 1. The summed E-state index contributed by atoms with van der Waals surface area (Å²) in [6.45, 7) is 12.3. The van der Waals surface area contributed by atoms with Crippen molar-refractivity contribution in [2.45, 2.75) is 84.3 Å². The molecular formula is C31H41NO5S. The van der Waals surface area contributed by atoms with E-state index in [1.54, 1.807) is 24.3 Å². The third kappa shape index (κ3) is 6.05. The zero-order valence-electron chi connectivity index (χ0n) is 23.6. The van der Waals surface area contributed by atoms with Gasteiger partial charge in [0.15, 0.2) is 0 Å². The molecule has 0 fully saturated rings. The number of nitrogens with one attached hydrogen (secondary N) is 1. The van der Waals surface area contributed by atoms with Gasteiger partial charge in [0, 0.05) is 20.6 Å². The molecule has 7 heteroatoms. The Balaban J connectivity index is 1.92. The van der Waals surface area contributed by atoms with Crippen molar-refractivity contribution in [1.82, 2.24) is 5.32 Å². The van der Waals surface area contributed by atoms with Gasteiger partial charge in [-0.2, -0.15) is 0 Å². The molecule has 206 valence electrons. The molecule has 0 saturated heterocycles. The van der Waals surface area contributed by atoms with Crippen molar-refractivity contribution in [2.24, 2.45) is 0 Å². The molecule has 1 unspecified atom stereocenters. The van der Waals surface area contributed by atoms with Crippen LogP contribution in [0.3, 0.4) is 0 Å². The first-order valence-electron chi connectivity index (χ1n) is 13.4. The van der Waals surface area contributed by atoms with E-state index in [-0.39, 0.29) is 17.9 Å². The molecule has 1 atom stereocenters. The van der Waals surface area contributed by atoms with Crippen LogP contribution in [0.5, 0.6) is 5.75 Å². The first-order valence-corrected chi connectivity index (χ1v) is 14.3. The minimum Gasteiger partial charge on any atom is -0.490 e. The maximum atomic E-state index is 12.7. The second-order valence-corrected chi connectivity index (χ2v) is 11.2. The summed E-state index contributed by atoms with van der Waals surface area (Å²) >= 11 is 1.70. The fraction of sp³-hybridized carbons (Fsp3) is 0.484. The molecule has 1 aromatic heterocycles. The summed E-state index contributed by atoms with van der Waals surface area (Å²) in [5, 5.41) is 14.4. The zero-order valence-corrected chi connectivity index (χ0v) is 24.5. The average molecular weight is 540 g/mol. The molecule has 0 aliphatic carbocycles. The molecule has 1 heterocycles. The predicted octanol–water partition coefficient (Wildman–Crippen LogP) is 6.54. The van der Waals surface area contributed by atoms with Crippen LogP contribution in [0.2, 0.25) is 0 Å². The SMILES string of the molecule is CCC(O)(CC)COc1ccc(C(CC)(CC)c2cc3ccc(C(=O)NC(C)C(=O)OC)cc3s2)cc1C. The Morgan fingerprint density at radius 2 is 1.68 bits per heavy atom. The third-order valence-corrected chi connectivity index (χ3v) is 9.21. The number of amides is 1. The lowest BCUT2D eigenvalue weighted by Gasteiger charge is -2.32. The van der Waals surface area contributed by atoms with Gasteiger partial charge in [-0.1, -0.05) is 45.9 Å². The lowest BCUT2D eigenvalue weighted by molar-refractivity contribution is -0.142. The van der Waals surface area contributed by atoms with Crippen LogP contribution in [-0.2, 0) is 14.9 Å². The summed E-state index contributed by atoms with van der Waals surface area (Å²) in [6.07, 6.45) is 3.14. The van der Waals surface area contributed by atoms with E-state index in [4.69, 9.17) is 9.47 Å². The fourth-order valence-corrected chi connectivity index (χ4v) is 6.30. The highest BCUT2D eigenvalue weighted by atomic mass is 32.1. The smallest absolute Gasteiger partial charge is 0.328 e. The van der Waals surface area contributed by atoms with Crippen LogP contribution in [0.25, 0.3) is 10.1 Å². The van der Waals surface area contributed by atoms with Gasteiger partial charge in [-0.15, -0.1) is 11.3 Å². The number of hydrogen-bond acceptors (Lipinski definition) is 6. The summed E-state index contributed by atoms with van der Waals surface area (Å²) < 4.78 is 11.8. The monoisotopic (exact) mass is 539 g/mol.